The van der Waals surface area contributed by atoms with Crippen molar-refractivity contribution in [2.75, 3.05) is 33.2 Å². The molecule has 2 aliphatic rings. The lowest BCUT2D eigenvalue weighted by Crippen LogP contribution is -2.53. The Morgan fingerprint density at radius 3 is 2.10 bits per heavy atom. The van der Waals surface area contributed by atoms with Crippen molar-refractivity contribution in [3.63, 3.8) is 0 Å². The van der Waals surface area contributed by atoms with Gasteiger partial charge in [-0.1, -0.05) is 24.3 Å². The number of hydrogen-bond acceptors (Lipinski definition) is 4. The number of rotatable bonds is 4. The highest BCUT2D eigenvalue weighted by Crippen LogP contribution is 2.37. The van der Waals surface area contributed by atoms with Crippen molar-refractivity contribution in [3.8, 4) is 11.1 Å². The van der Waals surface area contributed by atoms with Crippen LogP contribution in [0.4, 0.5) is 0 Å². The van der Waals surface area contributed by atoms with Crippen LogP contribution in [-0.4, -0.2) is 71.5 Å². The first-order valence-corrected chi connectivity index (χ1v) is 10.1. The average molecular weight is 407 g/mol. The van der Waals surface area contributed by atoms with E-state index in [4.69, 9.17) is 0 Å². The number of carbonyl (C=O) groups excluding carboxylic acids is 3. The van der Waals surface area contributed by atoms with Crippen molar-refractivity contribution in [1.29, 1.82) is 0 Å². The van der Waals surface area contributed by atoms with Crippen LogP contribution >= 0.6 is 0 Å². The van der Waals surface area contributed by atoms with Crippen molar-refractivity contribution < 1.29 is 19.5 Å². The summed E-state index contributed by atoms with van der Waals surface area (Å²) in [7, 11) is 1.60. The van der Waals surface area contributed by atoms with Crippen molar-refractivity contribution in [3.05, 3.63) is 59.7 Å². The Morgan fingerprint density at radius 2 is 1.50 bits per heavy atom. The highest BCUT2D eigenvalue weighted by Gasteiger charge is 2.50. The Labute approximate surface area is 175 Å². The minimum Gasteiger partial charge on any atom is -0.380 e. The predicted molar refractivity (Wildman–Crippen MR) is 112 cm³/mol. The van der Waals surface area contributed by atoms with Crippen LogP contribution in [0.3, 0.4) is 0 Å². The Balaban J connectivity index is 1.40. The summed E-state index contributed by atoms with van der Waals surface area (Å²) in [5.41, 5.74) is 1.84. The standard InChI is InChI=1S/C23H25N3O4/c1-24-20(27)19-4-2-3-18(15-19)16-5-7-17(8-6-16)21(28)25-11-13-26(14-12-25)22(29)23(30)9-10-23/h2-8,15,30H,9-14H2,1H3,(H,24,27). The molecule has 1 heterocycles. The molecule has 156 valence electrons. The van der Waals surface area contributed by atoms with E-state index in [1.54, 1.807) is 35.0 Å². The first-order valence-electron chi connectivity index (χ1n) is 10.1. The maximum Gasteiger partial charge on any atom is 0.254 e. The molecule has 2 fully saturated rings. The van der Waals surface area contributed by atoms with Gasteiger partial charge in [0, 0.05) is 44.4 Å². The van der Waals surface area contributed by atoms with Crippen LogP contribution in [0.1, 0.15) is 33.6 Å². The topological polar surface area (TPSA) is 90.0 Å². The maximum absolute atomic E-state index is 12.8. The normalized spacial score (nSPS) is 17.4. The summed E-state index contributed by atoms with van der Waals surface area (Å²) in [6.07, 6.45) is 1.06. The van der Waals surface area contributed by atoms with Gasteiger partial charge in [-0.15, -0.1) is 0 Å². The number of amides is 3. The van der Waals surface area contributed by atoms with Crippen LogP contribution in [-0.2, 0) is 4.79 Å². The minimum atomic E-state index is -1.16. The molecule has 2 aromatic rings. The molecule has 0 bridgehead atoms. The fourth-order valence-electron chi connectivity index (χ4n) is 3.71. The molecule has 1 saturated heterocycles. The SMILES string of the molecule is CNC(=O)c1cccc(-c2ccc(C(=O)N3CCN(C(=O)C4(O)CC4)CC3)cc2)c1. The molecule has 0 aromatic heterocycles. The van der Waals surface area contributed by atoms with Crippen LogP contribution < -0.4 is 5.32 Å². The average Bonchev–Trinajstić information content (AvgIpc) is 3.56. The number of hydrogen-bond donors (Lipinski definition) is 2. The van der Waals surface area contributed by atoms with Crippen LogP contribution in [0, 0.1) is 0 Å². The fraction of sp³-hybridized carbons (Fsp3) is 0.348. The summed E-state index contributed by atoms with van der Waals surface area (Å²) in [6, 6.07) is 14.7. The van der Waals surface area contributed by atoms with E-state index in [2.05, 4.69) is 5.32 Å². The zero-order chi connectivity index (χ0) is 21.3. The Hall–Kier alpha value is -3.19. The summed E-state index contributed by atoms with van der Waals surface area (Å²) < 4.78 is 0. The van der Waals surface area contributed by atoms with E-state index < -0.39 is 5.60 Å². The van der Waals surface area contributed by atoms with E-state index in [0.717, 1.165) is 11.1 Å². The van der Waals surface area contributed by atoms with Gasteiger partial charge in [-0.2, -0.15) is 0 Å². The highest BCUT2D eigenvalue weighted by molar-refractivity contribution is 5.96. The van der Waals surface area contributed by atoms with E-state index >= 15 is 0 Å². The van der Waals surface area contributed by atoms with Crippen LogP contribution in [0.15, 0.2) is 48.5 Å². The molecule has 2 N–H and O–H groups in total. The molecular weight excluding hydrogens is 382 g/mol. The number of nitrogens with zero attached hydrogens (tertiary/aromatic N) is 2. The number of benzene rings is 2. The minimum absolute atomic E-state index is 0.0714. The third-order valence-electron chi connectivity index (χ3n) is 5.79. The molecular formula is C23H25N3O4. The van der Waals surface area contributed by atoms with Gasteiger partial charge in [0.1, 0.15) is 5.60 Å². The number of piperazine rings is 1. The molecule has 0 atom stereocenters. The second kappa shape index (κ2) is 7.91. The molecule has 3 amide bonds. The lowest BCUT2D eigenvalue weighted by molar-refractivity contribution is -0.143. The molecule has 7 nitrogen and oxygen atoms in total. The second-order valence-corrected chi connectivity index (χ2v) is 7.85. The summed E-state index contributed by atoms with van der Waals surface area (Å²) in [5, 5.41) is 12.6. The molecule has 1 aliphatic heterocycles. The first-order chi connectivity index (χ1) is 14.4. The van der Waals surface area contributed by atoms with Gasteiger partial charge in [-0.25, -0.2) is 0 Å². The summed E-state index contributed by atoms with van der Waals surface area (Å²) in [4.78, 5) is 40.3. The Morgan fingerprint density at radius 1 is 0.867 bits per heavy atom. The lowest BCUT2D eigenvalue weighted by atomic mass is 10.0. The van der Waals surface area contributed by atoms with Gasteiger partial charge < -0.3 is 20.2 Å². The van der Waals surface area contributed by atoms with Crippen molar-refractivity contribution in [1.82, 2.24) is 15.1 Å². The zero-order valence-corrected chi connectivity index (χ0v) is 16.9. The van der Waals surface area contributed by atoms with E-state index in [1.165, 1.54) is 0 Å². The van der Waals surface area contributed by atoms with Gasteiger partial charge >= 0.3 is 0 Å². The number of nitrogens with one attached hydrogen (secondary N) is 1. The monoisotopic (exact) mass is 407 g/mol. The number of aliphatic hydroxyl groups is 1. The van der Waals surface area contributed by atoms with Crippen LogP contribution in [0.5, 0.6) is 0 Å². The highest BCUT2D eigenvalue weighted by atomic mass is 16.3. The van der Waals surface area contributed by atoms with Crippen molar-refractivity contribution in [2.45, 2.75) is 18.4 Å². The van der Waals surface area contributed by atoms with Crippen molar-refractivity contribution in [2.24, 2.45) is 0 Å². The van der Waals surface area contributed by atoms with Crippen LogP contribution in [0.2, 0.25) is 0 Å². The Bertz CT molecular complexity index is 974. The molecule has 1 aliphatic carbocycles. The third kappa shape index (κ3) is 3.93. The molecule has 1 saturated carbocycles. The van der Waals surface area contributed by atoms with Crippen LogP contribution in [0.25, 0.3) is 11.1 Å². The number of carbonyl (C=O) groups is 3. The van der Waals surface area contributed by atoms with Crippen molar-refractivity contribution >= 4 is 17.7 Å². The molecule has 30 heavy (non-hydrogen) atoms. The van der Waals surface area contributed by atoms with E-state index in [-0.39, 0.29) is 17.7 Å². The molecule has 7 heteroatoms. The molecule has 0 unspecified atom stereocenters. The van der Waals surface area contributed by atoms with Gasteiger partial charge in [-0.05, 0) is 48.2 Å². The smallest absolute Gasteiger partial charge is 0.254 e. The van der Waals surface area contributed by atoms with Gasteiger partial charge in [0.15, 0.2) is 0 Å². The fourth-order valence-corrected chi connectivity index (χ4v) is 3.71. The first kappa shape index (κ1) is 20.1. The molecule has 2 aromatic carbocycles. The largest absolute Gasteiger partial charge is 0.380 e. The summed E-state index contributed by atoms with van der Waals surface area (Å²) >= 11 is 0. The van der Waals surface area contributed by atoms with E-state index in [9.17, 15) is 19.5 Å². The quantitative estimate of drug-likeness (QED) is 0.804. The van der Waals surface area contributed by atoms with Gasteiger partial charge in [0.05, 0.1) is 0 Å². The van der Waals surface area contributed by atoms with E-state index in [1.807, 2.05) is 30.3 Å². The van der Waals surface area contributed by atoms with Gasteiger partial charge in [0.2, 0.25) is 0 Å². The summed E-state index contributed by atoms with van der Waals surface area (Å²) in [5.74, 6) is -0.425. The van der Waals surface area contributed by atoms with Gasteiger partial charge in [0.25, 0.3) is 17.7 Å². The second-order valence-electron chi connectivity index (χ2n) is 7.85. The molecule has 4 rings (SSSR count). The lowest BCUT2D eigenvalue weighted by Gasteiger charge is -2.35. The molecule has 0 spiro atoms. The van der Waals surface area contributed by atoms with Gasteiger partial charge in [-0.3, -0.25) is 14.4 Å². The third-order valence-corrected chi connectivity index (χ3v) is 5.79. The Kier molecular flexibility index (Phi) is 5.30. The summed E-state index contributed by atoms with van der Waals surface area (Å²) in [6.45, 7) is 1.79. The predicted octanol–water partition coefficient (Wildman–Crippen LogP) is 1.52. The van der Waals surface area contributed by atoms with E-state index in [0.29, 0.717) is 50.1 Å². The maximum atomic E-state index is 12.8. The molecule has 0 radical (unpaired) electrons. The zero-order valence-electron chi connectivity index (χ0n) is 16.9.